The van der Waals surface area contributed by atoms with E-state index in [2.05, 4.69) is 9.47 Å². The largest absolute Gasteiger partial charge is 0.468 e. The quantitative estimate of drug-likeness (QED) is 0.468. The normalized spacial score (nSPS) is 20.2. The summed E-state index contributed by atoms with van der Waals surface area (Å²) in [5.41, 5.74) is -1.39. The smallest absolute Gasteiger partial charge is 0.323 e. The highest BCUT2D eigenvalue weighted by molar-refractivity contribution is 6.01. The Balaban J connectivity index is 2.78. The summed E-state index contributed by atoms with van der Waals surface area (Å²) in [5, 5.41) is 0. The lowest BCUT2D eigenvalue weighted by molar-refractivity contribution is -0.181. The van der Waals surface area contributed by atoms with Crippen LogP contribution >= 0.6 is 0 Å². The van der Waals surface area contributed by atoms with E-state index in [9.17, 15) is 14.0 Å². The lowest BCUT2D eigenvalue weighted by Crippen LogP contribution is -2.52. The van der Waals surface area contributed by atoms with E-state index in [1.807, 2.05) is 0 Å². The molecule has 1 aliphatic rings. The van der Waals surface area contributed by atoms with Gasteiger partial charge in [0.25, 0.3) is 0 Å². The SMILES string of the molecule is COC(=O)C1(C(=O)OC)CC(F)C1. The Bertz CT molecular complexity index is 214. The Kier molecular flexibility index (Phi) is 2.54. The number of ether oxygens (including phenoxy) is 2. The Labute approximate surface area is 75.0 Å². The summed E-state index contributed by atoms with van der Waals surface area (Å²) in [6.45, 7) is 0. The fourth-order valence-corrected chi connectivity index (χ4v) is 1.50. The van der Waals surface area contributed by atoms with Gasteiger partial charge in [0.05, 0.1) is 14.2 Å². The molecule has 1 aliphatic carbocycles. The third-order valence-electron chi connectivity index (χ3n) is 2.29. The second-order valence-electron chi connectivity index (χ2n) is 3.07. The molecule has 0 unspecified atom stereocenters. The standard InChI is InChI=1S/C8H11FO4/c1-12-6(10)8(7(11)13-2)3-5(9)4-8/h5H,3-4H2,1-2H3. The van der Waals surface area contributed by atoms with Gasteiger partial charge in [0.15, 0.2) is 5.41 Å². The summed E-state index contributed by atoms with van der Waals surface area (Å²) in [6, 6.07) is 0. The van der Waals surface area contributed by atoms with E-state index in [-0.39, 0.29) is 12.8 Å². The molecule has 0 bridgehead atoms. The zero-order chi connectivity index (χ0) is 10.1. The van der Waals surface area contributed by atoms with E-state index in [1.54, 1.807) is 0 Å². The Morgan fingerprint density at radius 1 is 1.23 bits per heavy atom. The molecule has 4 nitrogen and oxygen atoms in total. The molecule has 0 aromatic heterocycles. The predicted octanol–water partition coefficient (Wildman–Crippen LogP) is 0.451. The average Bonchev–Trinajstić information content (AvgIpc) is 2.09. The molecule has 1 fully saturated rings. The fraction of sp³-hybridized carbons (Fsp3) is 0.750. The van der Waals surface area contributed by atoms with Gasteiger partial charge in [0.1, 0.15) is 6.17 Å². The zero-order valence-electron chi connectivity index (χ0n) is 7.50. The zero-order valence-corrected chi connectivity index (χ0v) is 7.50. The van der Waals surface area contributed by atoms with Gasteiger partial charge in [0.2, 0.25) is 0 Å². The van der Waals surface area contributed by atoms with Crippen LogP contribution in [0.2, 0.25) is 0 Å². The number of rotatable bonds is 2. The van der Waals surface area contributed by atoms with Crippen LogP contribution in [0.4, 0.5) is 4.39 Å². The van der Waals surface area contributed by atoms with Crippen molar-refractivity contribution in [2.75, 3.05) is 14.2 Å². The van der Waals surface area contributed by atoms with Crippen molar-refractivity contribution in [2.24, 2.45) is 5.41 Å². The Morgan fingerprint density at radius 2 is 1.62 bits per heavy atom. The number of hydrogen-bond donors (Lipinski definition) is 0. The molecule has 1 rings (SSSR count). The maximum atomic E-state index is 12.6. The minimum Gasteiger partial charge on any atom is -0.468 e. The highest BCUT2D eigenvalue weighted by Gasteiger charge is 2.58. The lowest BCUT2D eigenvalue weighted by atomic mass is 9.67. The number of carbonyl (C=O) groups excluding carboxylic acids is 2. The number of alkyl halides is 1. The van der Waals surface area contributed by atoms with E-state index in [0.717, 1.165) is 0 Å². The molecule has 5 heteroatoms. The van der Waals surface area contributed by atoms with Crippen molar-refractivity contribution in [3.63, 3.8) is 0 Å². The second-order valence-corrected chi connectivity index (χ2v) is 3.07. The van der Waals surface area contributed by atoms with Crippen molar-refractivity contribution >= 4 is 11.9 Å². The van der Waals surface area contributed by atoms with E-state index in [1.165, 1.54) is 14.2 Å². The van der Waals surface area contributed by atoms with Gasteiger partial charge in [-0.05, 0) is 0 Å². The maximum absolute atomic E-state index is 12.6. The minimum atomic E-state index is -1.39. The van der Waals surface area contributed by atoms with E-state index in [4.69, 9.17) is 0 Å². The summed E-state index contributed by atoms with van der Waals surface area (Å²) in [7, 11) is 2.33. The molecule has 0 radical (unpaired) electrons. The van der Waals surface area contributed by atoms with Crippen LogP contribution in [0.1, 0.15) is 12.8 Å². The second kappa shape index (κ2) is 3.32. The van der Waals surface area contributed by atoms with Gasteiger partial charge in [-0.1, -0.05) is 0 Å². The van der Waals surface area contributed by atoms with Crippen molar-refractivity contribution in [3.8, 4) is 0 Å². The van der Waals surface area contributed by atoms with Crippen molar-refractivity contribution < 1.29 is 23.5 Å². The summed E-state index contributed by atoms with van der Waals surface area (Å²) >= 11 is 0. The number of methoxy groups -OCH3 is 2. The number of carbonyl (C=O) groups is 2. The van der Waals surface area contributed by atoms with Crippen molar-refractivity contribution in [1.82, 2.24) is 0 Å². The minimum absolute atomic E-state index is 0.133. The number of esters is 2. The first-order chi connectivity index (χ1) is 6.06. The molecule has 1 saturated carbocycles. The first kappa shape index (κ1) is 9.95. The van der Waals surface area contributed by atoms with Crippen LogP contribution in [0.25, 0.3) is 0 Å². The molecule has 0 spiro atoms. The van der Waals surface area contributed by atoms with Gasteiger partial charge in [-0.15, -0.1) is 0 Å². The van der Waals surface area contributed by atoms with Crippen LogP contribution in [0.5, 0.6) is 0 Å². The first-order valence-corrected chi connectivity index (χ1v) is 3.87. The summed E-state index contributed by atoms with van der Waals surface area (Å²) in [4.78, 5) is 22.3. The number of hydrogen-bond acceptors (Lipinski definition) is 4. The molecule has 0 aromatic rings. The van der Waals surface area contributed by atoms with Crippen LogP contribution in [-0.2, 0) is 19.1 Å². The fourth-order valence-electron chi connectivity index (χ4n) is 1.50. The first-order valence-electron chi connectivity index (χ1n) is 3.87. The van der Waals surface area contributed by atoms with Crippen molar-refractivity contribution in [3.05, 3.63) is 0 Å². The third kappa shape index (κ3) is 1.38. The van der Waals surface area contributed by atoms with Gasteiger partial charge in [0, 0.05) is 12.8 Å². The van der Waals surface area contributed by atoms with Crippen molar-refractivity contribution in [2.45, 2.75) is 19.0 Å². The predicted molar refractivity (Wildman–Crippen MR) is 40.6 cm³/mol. The average molecular weight is 190 g/mol. The Morgan fingerprint density at radius 3 is 1.85 bits per heavy atom. The van der Waals surface area contributed by atoms with Crippen LogP contribution < -0.4 is 0 Å². The molecule has 0 atom stereocenters. The highest BCUT2D eigenvalue weighted by atomic mass is 19.1. The summed E-state index contributed by atoms with van der Waals surface area (Å²) in [5.74, 6) is -1.43. The lowest BCUT2D eigenvalue weighted by Gasteiger charge is -2.38. The monoisotopic (exact) mass is 190 g/mol. The van der Waals surface area contributed by atoms with Crippen LogP contribution in [-0.4, -0.2) is 32.3 Å². The molecule has 0 aliphatic heterocycles. The van der Waals surface area contributed by atoms with Gasteiger partial charge in [-0.2, -0.15) is 0 Å². The van der Waals surface area contributed by atoms with Crippen LogP contribution in [0, 0.1) is 5.41 Å². The molecular formula is C8H11FO4. The maximum Gasteiger partial charge on any atom is 0.323 e. The van der Waals surface area contributed by atoms with Crippen LogP contribution in [0.15, 0.2) is 0 Å². The molecule has 74 valence electrons. The Hall–Kier alpha value is -1.13. The summed E-state index contributed by atoms with van der Waals surface area (Å²) in [6.07, 6.45) is -1.38. The third-order valence-corrected chi connectivity index (χ3v) is 2.29. The van der Waals surface area contributed by atoms with Gasteiger partial charge >= 0.3 is 11.9 Å². The number of halogens is 1. The van der Waals surface area contributed by atoms with Crippen molar-refractivity contribution in [1.29, 1.82) is 0 Å². The molecule has 0 heterocycles. The molecule has 0 aromatic carbocycles. The van der Waals surface area contributed by atoms with Crippen LogP contribution in [0.3, 0.4) is 0 Å². The molecule has 0 amide bonds. The van der Waals surface area contributed by atoms with Gasteiger partial charge < -0.3 is 9.47 Å². The molecule has 0 saturated heterocycles. The van der Waals surface area contributed by atoms with E-state index < -0.39 is 23.5 Å². The molecule has 13 heavy (non-hydrogen) atoms. The summed E-state index contributed by atoms with van der Waals surface area (Å²) < 4.78 is 21.4. The highest BCUT2D eigenvalue weighted by Crippen LogP contribution is 2.44. The molecule has 0 N–H and O–H groups in total. The van der Waals surface area contributed by atoms with Gasteiger partial charge in [-0.25, -0.2) is 4.39 Å². The van der Waals surface area contributed by atoms with E-state index >= 15 is 0 Å². The molecular weight excluding hydrogens is 179 g/mol. The van der Waals surface area contributed by atoms with E-state index in [0.29, 0.717) is 0 Å². The van der Waals surface area contributed by atoms with Gasteiger partial charge in [-0.3, -0.25) is 9.59 Å². The topological polar surface area (TPSA) is 52.6 Å².